The first-order valence-corrected chi connectivity index (χ1v) is 10.6. The van der Waals surface area contributed by atoms with Crippen LogP contribution >= 0.6 is 0 Å². The number of aromatic hydroxyl groups is 2. The maximum atomic E-state index is 12.4. The van der Waals surface area contributed by atoms with Crippen molar-refractivity contribution < 1.29 is 28.2 Å². The van der Waals surface area contributed by atoms with E-state index in [0.717, 1.165) is 4.31 Å². The molecule has 9 nitrogen and oxygen atoms in total. The number of esters is 1. The van der Waals surface area contributed by atoms with Crippen molar-refractivity contribution in [2.24, 2.45) is 0 Å². The van der Waals surface area contributed by atoms with Gasteiger partial charge in [-0.2, -0.15) is 0 Å². The maximum Gasteiger partial charge on any atom is 0.342 e. The van der Waals surface area contributed by atoms with Gasteiger partial charge in [0.2, 0.25) is 10.0 Å². The van der Waals surface area contributed by atoms with Gasteiger partial charge in [0.15, 0.2) is 11.5 Å². The standard InChI is InChI=1S/C20H23N3O6S/c1-5-23-16-9-7-13(30(27,28)22(3)4)10-15(16)21-17(23)11-29-20(26)14-8-6-12(2)18(24)19(14)25/h6-10,24-25H,5,11H2,1-4H3. The van der Waals surface area contributed by atoms with Gasteiger partial charge in [0, 0.05) is 20.6 Å². The van der Waals surface area contributed by atoms with E-state index in [1.54, 1.807) is 17.6 Å². The van der Waals surface area contributed by atoms with E-state index in [1.165, 1.54) is 38.4 Å². The molecule has 2 aromatic carbocycles. The van der Waals surface area contributed by atoms with Gasteiger partial charge in [-0.25, -0.2) is 22.5 Å². The molecular formula is C20H23N3O6S. The number of phenolic OH excluding ortho intramolecular Hbond substituents is 2. The number of imidazole rings is 1. The third-order valence-electron chi connectivity index (χ3n) is 4.80. The average Bonchev–Trinajstić information content (AvgIpc) is 3.06. The molecule has 0 aliphatic heterocycles. The Morgan fingerprint density at radius 1 is 1.17 bits per heavy atom. The summed E-state index contributed by atoms with van der Waals surface area (Å²) in [6.45, 7) is 3.82. The fraction of sp³-hybridized carbons (Fsp3) is 0.300. The van der Waals surface area contributed by atoms with Crippen LogP contribution in [0, 0.1) is 6.92 Å². The number of carbonyl (C=O) groups is 1. The van der Waals surface area contributed by atoms with Crippen LogP contribution in [-0.4, -0.2) is 52.6 Å². The zero-order valence-corrected chi connectivity index (χ0v) is 17.9. The topological polar surface area (TPSA) is 122 Å². The van der Waals surface area contributed by atoms with Gasteiger partial charge in [-0.1, -0.05) is 6.07 Å². The Hall–Kier alpha value is -3.11. The van der Waals surface area contributed by atoms with E-state index in [0.29, 0.717) is 29.0 Å². The van der Waals surface area contributed by atoms with Gasteiger partial charge in [0.25, 0.3) is 0 Å². The van der Waals surface area contributed by atoms with Crippen molar-refractivity contribution in [3.8, 4) is 11.5 Å². The molecule has 0 bridgehead atoms. The lowest BCUT2D eigenvalue weighted by Gasteiger charge is -2.11. The first-order valence-electron chi connectivity index (χ1n) is 9.18. The number of aromatic nitrogens is 2. The number of sulfonamides is 1. The van der Waals surface area contributed by atoms with Crippen LogP contribution in [0.3, 0.4) is 0 Å². The van der Waals surface area contributed by atoms with Gasteiger partial charge < -0.3 is 19.5 Å². The smallest absolute Gasteiger partial charge is 0.342 e. The van der Waals surface area contributed by atoms with Crippen molar-refractivity contribution in [1.82, 2.24) is 13.9 Å². The van der Waals surface area contributed by atoms with Crippen molar-refractivity contribution in [3.05, 3.63) is 47.3 Å². The molecule has 2 N–H and O–H groups in total. The van der Waals surface area contributed by atoms with Gasteiger partial charge in [-0.3, -0.25) is 0 Å². The molecule has 0 saturated carbocycles. The van der Waals surface area contributed by atoms with E-state index in [-0.39, 0.29) is 22.8 Å². The third kappa shape index (κ3) is 3.71. The Morgan fingerprint density at radius 3 is 2.50 bits per heavy atom. The third-order valence-corrected chi connectivity index (χ3v) is 6.61. The highest BCUT2D eigenvalue weighted by atomic mass is 32.2. The largest absolute Gasteiger partial charge is 0.504 e. The summed E-state index contributed by atoms with van der Waals surface area (Å²) in [5, 5.41) is 19.8. The molecule has 0 spiro atoms. The van der Waals surface area contributed by atoms with E-state index in [1.807, 2.05) is 6.92 Å². The number of fused-ring (bicyclic) bond motifs is 1. The fourth-order valence-electron chi connectivity index (χ4n) is 3.05. The summed E-state index contributed by atoms with van der Waals surface area (Å²) in [5.74, 6) is -1.30. The molecule has 3 rings (SSSR count). The van der Waals surface area contributed by atoms with Crippen LogP contribution in [0.15, 0.2) is 35.2 Å². The van der Waals surface area contributed by atoms with Gasteiger partial charge >= 0.3 is 5.97 Å². The molecule has 3 aromatic rings. The van der Waals surface area contributed by atoms with Gasteiger partial charge in [0.1, 0.15) is 18.0 Å². The fourth-order valence-corrected chi connectivity index (χ4v) is 3.97. The minimum absolute atomic E-state index is 0.115. The highest BCUT2D eigenvalue weighted by molar-refractivity contribution is 7.89. The Morgan fingerprint density at radius 2 is 1.87 bits per heavy atom. The molecule has 0 unspecified atom stereocenters. The van der Waals surface area contributed by atoms with Crippen molar-refractivity contribution >= 4 is 27.0 Å². The number of hydrogen-bond acceptors (Lipinski definition) is 7. The predicted molar refractivity (Wildman–Crippen MR) is 110 cm³/mol. The van der Waals surface area contributed by atoms with Crippen LogP contribution < -0.4 is 0 Å². The van der Waals surface area contributed by atoms with Crippen molar-refractivity contribution in [1.29, 1.82) is 0 Å². The molecule has 0 radical (unpaired) electrons. The second-order valence-corrected chi connectivity index (χ2v) is 9.07. The molecule has 0 aliphatic rings. The quantitative estimate of drug-likeness (QED) is 0.452. The van der Waals surface area contributed by atoms with E-state index >= 15 is 0 Å². The SMILES string of the molecule is CCn1c(COC(=O)c2ccc(C)c(O)c2O)nc2cc(S(=O)(=O)N(C)C)ccc21. The number of benzene rings is 2. The Bertz CT molecular complexity index is 1230. The number of nitrogens with zero attached hydrogens (tertiary/aromatic N) is 3. The van der Waals surface area contributed by atoms with E-state index in [9.17, 15) is 23.4 Å². The predicted octanol–water partition coefficient (Wildman–Crippen LogP) is 2.38. The summed E-state index contributed by atoms with van der Waals surface area (Å²) in [4.78, 5) is 16.9. The highest BCUT2D eigenvalue weighted by Crippen LogP contribution is 2.32. The summed E-state index contributed by atoms with van der Waals surface area (Å²) in [7, 11) is -0.702. The van der Waals surface area contributed by atoms with E-state index in [4.69, 9.17) is 4.74 Å². The molecule has 1 aromatic heterocycles. The lowest BCUT2D eigenvalue weighted by atomic mass is 10.1. The zero-order chi connectivity index (χ0) is 22.2. The van der Waals surface area contributed by atoms with Gasteiger partial charge in [-0.15, -0.1) is 0 Å². The van der Waals surface area contributed by atoms with Crippen LogP contribution in [0.25, 0.3) is 11.0 Å². The Labute approximate surface area is 174 Å². The van der Waals surface area contributed by atoms with E-state index in [2.05, 4.69) is 4.98 Å². The number of rotatable bonds is 6. The molecule has 0 saturated heterocycles. The van der Waals surface area contributed by atoms with Crippen molar-refractivity contribution in [3.63, 3.8) is 0 Å². The normalized spacial score (nSPS) is 11.9. The first-order chi connectivity index (χ1) is 14.1. The van der Waals surface area contributed by atoms with Crippen LogP contribution in [0.2, 0.25) is 0 Å². The molecular weight excluding hydrogens is 410 g/mol. The van der Waals surface area contributed by atoms with Gasteiger partial charge in [0.05, 0.1) is 15.9 Å². The Kier molecular flexibility index (Phi) is 5.73. The highest BCUT2D eigenvalue weighted by Gasteiger charge is 2.21. The van der Waals surface area contributed by atoms with Crippen molar-refractivity contribution in [2.75, 3.05) is 14.1 Å². The number of carbonyl (C=O) groups excluding carboxylic acids is 1. The van der Waals surface area contributed by atoms with Crippen LogP contribution in [0.1, 0.15) is 28.7 Å². The molecule has 0 amide bonds. The summed E-state index contributed by atoms with van der Waals surface area (Å²) in [6.07, 6.45) is 0. The molecule has 0 fully saturated rings. The molecule has 10 heteroatoms. The second kappa shape index (κ2) is 7.96. The van der Waals surface area contributed by atoms with Crippen LogP contribution in [0.4, 0.5) is 0 Å². The minimum atomic E-state index is -3.61. The molecule has 160 valence electrons. The number of phenols is 2. The van der Waals surface area contributed by atoms with Crippen LogP contribution in [-0.2, 0) is 27.9 Å². The molecule has 30 heavy (non-hydrogen) atoms. The summed E-state index contributed by atoms with van der Waals surface area (Å²) in [5.41, 5.74) is 1.44. The summed E-state index contributed by atoms with van der Waals surface area (Å²) < 4.78 is 32.9. The lowest BCUT2D eigenvalue weighted by molar-refractivity contribution is 0.0454. The van der Waals surface area contributed by atoms with Gasteiger partial charge in [-0.05, 0) is 43.7 Å². The number of ether oxygens (including phenoxy) is 1. The average molecular weight is 433 g/mol. The number of hydrogen-bond donors (Lipinski definition) is 2. The van der Waals surface area contributed by atoms with E-state index < -0.39 is 21.7 Å². The molecule has 0 atom stereocenters. The Balaban J connectivity index is 1.91. The molecule has 1 heterocycles. The molecule has 0 aliphatic carbocycles. The zero-order valence-electron chi connectivity index (χ0n) is 17.1. The lowest BCUT2D eigenvalue weighted by Crippen LogP contribution is -2.22. The first kappa shape index (κ1) is 21.6. The maximum absolute atomic E-state index is 12.4. The van der Waals surface area contributed by atoms with Crippen LogP contribution in [0.5, 0.6) is 11.5 Å². The van der Waals surface area contributed by atoms with Crippen molar-refractivity contribution in [2.45, 2.75) is 31.9 Å². The summed E-state index contributed by atoms with van der Waals surface area (Å²) >= 11 is 0. The second-order valence-electron chi connectivity index (χ2n) is 6.91. The minimum Gasteiger partial charge on any atom is -0.504 e. The number of aryl methyl sites for hydroxylation is 2. The monoisotopic (exact) mass is 433 g/mol. The summed E-state index contributed by atoms with van der Waals surface area (Å²) in [6, 6.07) is 7.52.